The van der Waals surface area contributed by atoms with Crippen molar-refractivity contribution in [2.45, 2.75) is 33.2 Å². The summed E-state index contributed by atoms with van der Waals surface area (Å²) in [5, 5.41) is 3.18. The molecule has 96 valence electrons. The summed E-state index contributed by atoms with van der Waals surface area (Å²) in [4.78, 5) is 4.05. The quantitative estimate of drug-likeness (QED) is 0.818. The standard InChI is InChI=1S/C11H19N3O2S/c1-4-7-17(15,16)14-11-6-5-10(8-12-11)13-9(2)3/h5-6,8-9,13H,4,7H2,1-3H3,(H,12,14). The van der Waals surface area contributed by atoms with Crippen LogP contribution in [0.1, 0.15) is 27.2 Å². The van der Waals surface area contributed by atoms with Crippen LogP contribution < -0.4 is 10.0 Å². The van der Waals surface area contributed by atoms with Crippen molar-refractivity contribution in [1.82, 2.24) is 4.98 Å². The van der Waals surface area contributed by atoms with Crippen molar-refractivity contribution < 1.29 is 8.42 Å². The summed E-state index contributed by atoms with van der Waals surface area (Å²) in [5.41, 5.74) is 0.874. The lowest BCUT2D eigenvalue weighted by molar-refractivity contribution is 0.599. The van der Waals surface area contributed by atoms with Crippen LogP contribution in [-0.2, 0) is 10.0 Å². The zero-order valence-electron chi connectivity index (χ0n) is 10.4. The lowest BCUT2D eigenvalue weighted by Gasteiger charge is -2.10. The molecule has 0 fully saturated rings. The van der Waals surface area contributed by atoms with Crippen molar-refractivity contribution in [2.75, 3.05) is 15.8 Å². The van der Waals surface area contributed by atoms with Crippen LogP contribution in [0.2, 0.25) is 0 Å². The monoisotopic (exact) mass is 257 g/mol. The summed E-state index contributed by atoms with van der Waals surface area (Å²) < 4.78 is 25.4. The second kappa shape index (κ2) is 5.86. The Morgan fingerprint density at radius 1 is 1.35 bits per heavy atom. The van der Waals surface area contributed by atoms with Crippen molar-refractivity contribution in [3.8, 4) is 0 Å². The first-order valence-electron chi connectivity index (χ1n) is 5.66. The summed E-state index contributed by atoms with van der Waals surface area (Å²) in [5.74, 6) is 0.466. The van der Waals surface area contributed by atoms with E-state index in [0.29, 0.717) is 18.3 Å². The van der Waals surface area contributed by atoms with Gasteiger partial charge in [0.15, 0.2) is 0 Å². The number of pyridine rings is 1. The van der Waals surface area contributed by atoms with Gasteiger partial charge >= 0.3 is 0 Å². The molecular weight excluding hydrogens is 238 g/mol. The molecule has 1 aromatic rings. The first-order valence-corrected chi connectivity index (χ1v) is 7.31. The lowest BCUT2D eigenvalue weighted by Crippen LogP contribution is -2.17. The smallest absolute Gasteiger partial charge is 0.233 e. The number of anilines is 2. The fourth-order valence-electron chi connectivity index (χ4n) is 1.35. The largest absolute Gasteiger partial charge is 0.382 e. The van der Waals surface area contributed by atoms with Crippen LogP contribution in [0, 0.1) is 0 Å². The van der Waals surface area contributed by atoms with E-state index >= 15 is 0 Å². The molecule has 0 aromatic carbocycles. The summed E-state index contributed by atoms with van der Waals surface area (Å²) >= 11 is 0. The van der Waals surface area contributed by atoms with E-state index in [2.05, 4.69) is 15.0 Å². The molecule has 0 unspecified atom stereocenters. The Hall–Kier alpha value is -1.30. The lowest BCUT2D eigenvalue weighted by atomic mass is 10.3. The van der Waals surface area contributed by atoms with Gasteiger partial charge in [-0.2, -0.15) is 0 Å². The number of hydrogen-bond donors (Lipinski definition) is 2. The Morgan fingerprint density at radius 2 is 2.06 bits per heavy atom. The van der Waals surface area contributed by atoms with E-state index in [9.17, 15) is 8.42 Å². The Balaban J connectivity index is 2.68. The van der Waals surface area contributed by atoms with E-state index < -0.39 is 10.0 Å². The molecule has 17 heavy (non-hydrogen) atoms. The maximum Gasteiger partial charge on any atom is 0.233 e. The summed E-state index contributed by atoms with van der Waals surface area (Å²) in [6.07, 6.45) is 2.20. The zero-order valence-corrected chi connectivity index (χ0v) is 11.2. The van der Waals surface area contributed by atoms with Crippen molar-refractivity contribution in [3.05, 3.63) is 18.3 Å². The Morgan fingerprint density at radius 3 is 2.53 bits per heavy atom. The molecule has 0 aliphatic rings. The number of sulfonamides is 1. The van der Waals surface area contributed by atoms with Crippen LogP contribution in [0.3, 0.4) is 0 Å². The molecule has 6 heteroatoms. The van der Waals surface area contributed by atoms with Crippen LogP contribution in [0.15, 0.2) is 18.3 Å². The molecule has 2 N–H and O–H groups in total. The number of nitrogens with zero attached hydrogens (tertiary/aromatic N) is 1. The zero-order chi connectivity index (χ0) is 12.9. The number of aromatic nitrogens is 1. The number of hydrogen-bond acceptors (Lipinski definition) is 4. The van der Waals surface area contributed by atoms with Gasteiger partial charge in [0.25, 0.3) is 0 Å². The van der Waals surface area contributed by atoms with Gasteiger partial charge in [0.05, 0.1) is 17.6 Å². The molecule has 0 saturated carbocycles. The van der Waals surface area contributed by atoms with E-state index in [-0.39, 0.29) is 5.75 Å². The SMILES string of the molecule is CCCS(=O)(=O)Nc1ccc(NC(C)C)cn1. The highest BCUT2D eigenvalue weighted by Crippen LogP contribution is 2.12. The number of nitrogens with one attached hydrogen (secondary N) is 2. The van der Waals surface area contributed by atoms with Gasteiger partial charge in [-0.1, -0.05) is 6.92 Å². The molecule has 0 spiro atoms. The van der Waals surface area contributed by atoms with Crippen LogP contribution >= 0.6 is 0 Å². The van der Waals surface area contributed by atoms with E-state index in [1.165, 1.54) is 0 Å². The van der Waals surface area contributed by atoms with Gasteiger partial charge in [-0.15, -0.1) is 0 Å². The maximum atomic E-state index is 11.5. The van der Waals surface area contributed by atoms with Gasteiger partial charge in [-0.05, 0) is 32.4 Å². The third-order valence-corrected chi connectivity index (χ3v) is 3.42. The molecular formula is C11H19N3O2S. The molecule has 0 atom stereocenters. The van der Waals surface area contributed by atoms with E-state index in [1.54, 1.807) is 18.3 Å². The molecule has 0 bridgehead atoms. The van der Waals surface area contributed by atoms with Gasteiger partial charge in [-0.3, -0.25) is 4.72 Å². The highest BCUT2D eigenvalue weighted by molar-refractivity contribution is 7.92. The Kier molecular flexibility index (Phi) is 4.74. The van der Waals surface area contributed by atoms with Gasteiger partial charge in [0.2, 0.25) is 10.0 Å². The maximum absolute atomic E-state index is 11.5. The Bertz CT molecular complexity index is 440. The summed E-state index contributed by atoms with van der Waals surface area (Å²) in [6.45, 7) is 5.87. The Labute approximate surface area is 103 Å². The molecule has 1 heterocycles. The average molecular weight is 257 g/mol. The van der Waals surface area contributed by atoms with Crippen molar-refractivity contribution >= 4 is 21.5 Å². The van der Waals surface area contributed by atoms with Crippen LogP contribution in [-0.4, -0.2) is 25.2 Å². The molecule has 0 radical (unpaired) electrons. The minimum Gasteiger partial charge on any atom is -0.382 e. The topological polar surface area (TPSA) is 71.1 Å². The predicted molar refractivity (Wildman–Crippen MR) is 70.7 cm³/mol. The highest BCUT2D eigenvalue weighted by atomic mass is 32.2. The van der Waals surface area contributed by atoms with Crippen molar-refractivity contribution in [1.29, 1.82) is 0 Å². The molecule has 5 nitrogen and oxygen atoms in total. The molecule has 0 saturated heterocycles. The summed E-state index contributed by atoms with van der Waals surface area (Å²) in [7, 11) is -3.25. The van der Waals surface area contributed by atoms with E-state index in [0.717, 1.165) is 5.69 Å². The van der Waals surface area contributed by atoms with Gasteiger partial charge in [0, 0.05) is 6.04 Å². The normalized spacial score (nSPS) is 11.5. The molecule has 1 aromatic heterocycles. The fourth-order valence-corrected chi connectivity index (χ4v) is 2.43. The second-order valence-corrected chi connectivity index (χ2v) is 5.99. The third-order valence-electron chi connectivity index (χ3n) is 1.95. The van der Waals surface area contributed by atoms with Crippen molar-refractivity contribution in [2.24, 2.45) is 0 Å². The summed E-state index contributed by atoms with van der Waals surface area (Å²) in [6, 6.07) is 3.77. The fraction of sp³-hybridized carbons (Fsp3) is 0.545. The minimum atomic E-state index is -3.25. The van der Waals surface area contributed by atoms with Crippen molar-refractivity contribution in [3.63, 3.8) is 0 Å². The van der Waals surface area contributed by atoms with Crippen LogP contribution in [0.4, 0.5) is 11.5 Å². The third kappa shape index (κ3) is 5.04. The first kappa shape index (κ1) is 13.8. The number of rotatable bonds is 6. The highest BCUT2D eigenvalue weighted by Gasteiger charge is 2.09. The molecule has 1 rings (SSSR count). The van der Waals surface area contributed by atoms with Crippen LogP contribution in [0.25, 0.3) is 0 Å². The molecule has 0 aliphatic heterocycles. The minimum absolute atomic E-state index is 0.112. The molecule has 0 aliphatic carbocycles. The molecule has 0 amide bonds. The first-order chi connectivity index (χ1) is 7.93. The van der Waals surface area contributed by atoms with Gasteiger partial charge < -0.3 is 5.32 Å². The van der Waals surface area contributed by atoms with Gasteiger partial charge in [0.1, 0.15) is 5.82 Å². The second-order valence-electron chi connectivity index (χ2n) is 4.15. The van der Waals surface area contributed by atoms with Crippen LogP contribution in [0.5, 0.6) is 0 Å². The van der Waals surface area contributed by atoms with E-state index in [1.807, 2.05) is 20.8 Å². The van der Waals surface area contributed by atoms with E-state index in [4.69, 9.17) is 0 Å². The van der Waals surface area contributed by atoms with Gasteiger partial charge in [-0.25, -0.2) is 13.4 Å². The average Bonchev–Trinajstić information content (AvgIpc) is 2.19. The predicted octanol–water partition coefficient (Wildman–Crippen LogP) is 2.05.